The van der Waals surface area contributed by atoms with Gasteiger partial charge in [0.2, 0.25) is 5.82 Å². The van der Waals surface area contributed by atoms with Crippen LogP contribution < -0.4 is 5.32 Å². The highest BCUT2D eigenvalue weighted by Gasteiger charge is 2.33. The lowest BCUT2D eigenvalue weighted by Gasteiger charge is -2.37. The van der Waals surface area contributed by atoms with E-state index >= 15 is 0 Å². The summed E-state index contributed by atoms with van der Waals surface area (Å²) in [4.78, 5) is 6.76. The summed E-state index contributed by atoms with van der Waals surface area (Å²) in [5.41, 5.74) is 3.67. The van der Waals surface area contributed by atoms with E-state index in [-0.39, 0.29) is 11.9 Å². The van der Waals surface area contributed by atoms with E-state index < -0.39 is 0 Å². The van der Waals surface area contributed by atoms with Crippen LogP contribution in [0.1, 0.15) is 50.6 Å². The first kappa shape index (κ1) is 21.2. The van der Waals surface area contributed by atoms with Crippen molar-refractivity contribution in [1.29, 1.82) is 0 Å². The average molecular weight is 437 g/mol. The second kappa shape index (κ2) is 9.39. The summed E-state index contributed by atoms with van der Waals surface area (Å²) in [5, 5.41) is 8.32. The molecule has 2 aromatic carbocycles. The molecule has 1 aliphatic rings. The fourth-order valence-electron chi connectivity index (χ4n) is 3.79. The van der Waals surface area contributed by atoms with Gasteiger partial charge in [-0.05, 0) is 55.4 Å². The van der Waals surface area contributed by atoms with E-state index in [9.17, 15) is 4.39 Å². The highest BCUT2D eigenvalue weighted by Crippen LogP contribution is 2.37. The van der Waals surface area contributed by atoms with Crippen molar-refractivity contribution in [2.45, 2.75) is 39.2 Å². The summed E-state index contributed by atoms with van der Waals surface area (Å²) in [6.45, 7) is 5.06. The molecule has 1 aromatic heterocycles. The molecule has 4 rings (SSSR count). The fourth-order valence-corrected chi connectivity index (χ4v) is 4.14. The van der Waals surface area contributed by atoms with Crippen LogP contribution in [0.4, 0.5) is 4.39 Å². The molecule has 0 radical (unpaired) electrons. The predicted octanol–water partition coefficient (Wildman–Crippen LogP) is 5.73. The van der Waals surface area contributed by atoms with Crippen LogP contribution in [-0.2, 0) is 0 Å². The van der Waals surface area contributed by atoms with Crippen molar-refractivity contribution < 1.29 is 8.91 Å². The lowest BCUT2D eigenvalue weighted by Crippen LogP contribution is -2.46. The summed E-state index contributed by atoms with van der Waals surface area (Å²) in [5.74, 6) is 0.553. The second-order valence-corrected chi connectivity index (χ2v) is 7.97. The van der Waals surface area contributed by atoms with Crippen LogP contribution >= 0.6 is 12.2 Å². The van der Waals surface area contributed by atoms with Crippen LogP contribution in [-0.4, -0.2) is 26.7 Å². The quantitative estimate of drug-likeness (QED) is 0.377. The minimum Gasteiger partial charge on any atom is -0.351 e. The Morgan fingerprint density at radius 1 is 1.10 bits per heavy atom. The van der Waals surface area contributed by atoms with Gasteiger partial charge in [0.1, 0.15) is 5.82 Å². The normalized spacial score (nSPS) is 16.5. The summed E-state index contributed by atoms with van der Waals surface area (Å²) in [6.07, 6.45) is 3.32. The molecule has 1 unspecified atom stereocenters. The molecule has 160 valence electrons. The Hall–Kier alpha value is -3.06. The van der Waals surface area contributed by atoms with Crippen molar-refractivity contribution in [3.05, 3.63) is 77.6 Å². The molecule has 31 heavy (non-hydrogen) atoms. The largest absolute Gasteiger partial charge is 0.351 e. The maximum absolute atomic E-state index is 13.3. The van der Waals surface area contributed by atoms with Crippen LogP contribution in [0.25, 0.3) is 17.0 Å². The van der Waals surface area contributed by atoms with E-state index in [1.165, 1.54) is 12.1 Å². The first-order valence-corrected chi connectivity index (χ1v) is 10.9. The van der Waals surface area contributed by atoms with Gasteiger partial charge >= 0.3 is 0 Å². The molecule has 1 aliphatic heterocycles. The molecule has 0 saturated heterocycles. The van der Waals surface area contributed by atoms with Gasteiger partial charge in [0, 0.05) is 17.8 Å². The summed E-state index contributed by atoms with van der Waals surface area (Å²) in [7, 11) is 0. The smallest absolute Gasteiger partial charge is 0.258 e. The van der Waals surface area contributed by atoms with Gasteiger partial charge < -0.3 is 14.7 Å². The highest BCUT2D eigenvalue weighted by molar-refractivity contribution is 7.80. The van der Waals surface area contributed by atoms with Gasteiger partial charge in [-0.15, -0.1) is 0 Å². The number of allylic oxidation sites excluding steroid dienone is 1. The second-order valence-electron chi connectivity index (χ2n) is 7.58. The van der Waals surface area contributed by atoms with E-state index in [1.807, 2.05) is 25.1 Å². The Kier molecular flexibility index (Phi) is 6.42. The summed E-state index contributed by atoms with van der Waals surface area (Å²) < 4.78 is 19.0. The predicted molar refractivity (Wildman–Crippen MR) is 123 cm³/mol. The maximum Gasteiger partial charge on any atom is 0.258 e. The number of hydrogen-bond acceptors (Lipinski definition) is 4. The molecular weight excluding hydrogens is 411 g/mol. The average Bonchev–Trinajstić information content (AvgIpc) is 3.26. The minimum absolute atomic E-state index is 0.197. The third-order valence-corrected chi connectivity index (χ3v) is 5.81. The Bertz CT molecular complexity index is 1080. The number of thiocarbonyl (C=S) groups is 1. The van der Waals surface area contributed by atoms with E-state index in [0.29, 0.717) is 22.4 Å². The van der Waals surface area contributed by atoms with Gasteiger partial charge in [-0.3, -0.25) is 0 Å². The van der Waals surface area contributed by atoms with Crippen molar-refractivity contribution in [3.8, 4) is 11.4 Å². The molecule has 1 N–H and O–H groups in total. The molecule has 3 aromatic rings. The fraction of sp³-hybridized carbons (Fsp3) is 0.292. The molecule has 5 nitrogen and oxygen atoms in total. The monoisotopic (exact) mass is 436 g/mol. The molecule has 0 spiro atoms. The SMILES string of the molecule is CCCCCN1C(=S)NC(c2ccccc2)C(c2nc(-c3ccc(F)cc3)no2)=C1C. The number of hydrogen-bond donors (Lipinski definition) is 1. The Morgan fingerprint density at radius 3 is 2.55 bits per heavy atom. The summed E-state index contributed by atoms with van der Waals surface area (Å²) >= 11 is 5.71. The van der Waals surface area contributed by atoms with Crippen molar-refractivity contribution in [1.82, 2.24) is 20.4 Å². The van der Waals surface area contributed by atoms with Gasteiger partial charge in [0.05, 0.1) is 11.6 Å². The van der Waals surface area contributed by atoms with Crippen molar-refractivity contribution in [3.63, 3.8) is 0 Å². The van der Waals surface area contributed by atoms with Crippen molar-refractivity contribution in [2.75, 3.05) is 6.54 Å². The molecule has 0 amide bonds. The zero-order valence-electron chi connectivity index (χ0n) is 17.6. The van der Waals surface area contributed by atoms with E-state index in [4.69, 9.17) is 16.7 Å². The Morgan fingerprint density at radius 2 is 1.84 bits per heavy atom. The molecule has 0 bridgehead atoms. The number of halogens is 1. The first-order chi connectivity index (χ1) is 15.1. The topological polar surface area (TPSA) is 54.2 Å². The minimum atomic E-state index is -0.303. The molecule has 0 saturated carbocycles. The van der Waals surface area contributed by atoms with E-state index in [1.54, 1.807) is 12.1 Å². The third kappa shape index (κ3) is 4.51. The van der Waals surface area contributed by atoms with E-state index in [0.717, 1.165) is 42.6 Å². The molecule has 7 heteroatoms. The number of rotatable bonds is 7. The zero-order valence-corrected chi connectivity index (χ0v) is 18.5. The molecule has 1 atom stereocenters. The first-order valence-electron chi connectivity index (χ1n) is 10.5. The van der Waals surface area contributed by atoms with Crippen LogP contribution in [0.2, 0.25) is 0 Å². The van der Waals surface area contributed by atoms with Gasteiger partial charge in [0.15, 0.2) is 5.11 Å². The molecular formula is C24H25FN4OS. The van der Waals surface area contributed by atoms with Crippen molar-refractivity contribution >= 4 is 22.9 Å². The molecule has 0 aliphatic carbocycles. The lowest BCUT2D eigenvalue weighted by molar-refractivity contribution is 0.395. The van der Waals surface area contributed by atoms with Crippen LogP contribution in [0, 0.1) is 5.82 Å². The Balaban J connectivity index is 1.75. The number of aromatic nitrogens is 2. The standard InChI is InChI=1S/C24H25FN4OS/c1-3-4-8-15-29-16(2)20(21(26-24(29)31)17-9-6-5-7-10-17)23-27-22(28-30-23)18-11-13-19(25)14-12-18/h5-7,9-14,21H,3-4,8,15H2,1-2H3,(H,26,31). The van der Waals surface area contributed by atoms with Gasteiger partial charge in [-0.1, -0.05) is 55.3 Å². The summed E-state index contributed by atoms with van der Waals surface area (Å²) in [6, 6.07) is 16.0. The molecule has 2 heterocycles. The number of nitrogens with one attached hydrogen (secondary N) is 1. The van der Waals surface area contributed by atoms with Gasteiger partial charge in [0.25, 0.3) is 5.89 Å². The maximum atomic E-state index is 13.3. The lowest BCUT2D eigenvalue weighted by atomic mass is 9.94. The number of nitrogens with zero attached hydrogens (tertiary/aromatic N) is 3. The Labute approximate surface area is 187 Å². The number of benzene rings is 2. The molecule has 0 fully saturated rings. The highest BCUT2D eigenvalue weighted by atomic mass is 32.1. The van der Waals surface area contributed by atoms with Crippen LogP contribution in [0.15, 0.2) is 64.8 Å². The van der Waals surface area contributed by atoms with E-state index in [2.05, 4.69) is 39.4 Å². The van der Waals surface area contributed by atoms with Crippen LogP contribution in [0.5, 0.6) is 0 Å². The van der Waals surface area contributed by atoms with Crippen molar-refractivity contribution in [2.24, 2.45) is 0 Å². The van der Waals surface area contributed by atoms with Gasteiger partial charge in [-0.25, -0.2) is 4.39 Å². The van der Waals surface area contributed by atoms with Crippen LogP contribution in [0.3, 0.4) is 0 Å². The third-order valence-electron chi connectivity index (χ3n) is 5.47. The number of unbranched alkanes of at least 4 members (excludes halogenated alkanes) is 2. The van der Waals surface area contributed by atoms with Gasteiger partial charge in [-0.2, -0.15) is 4.98 Å². The zero-order chi connectivity index (χ0) is 21.8.